The van der Waals surface area contributed by atoms with E-state index in [4.69, 9.17) is 9.47 Å². The summed E-state index contributed by atoms with van der Waals surface area (Å²) in [6.07, 6.45) is 1.36. The van der Waals surface area contributed by atoms with Crippen molar-refractivity contribution in [1.29, 1.82) is 0 Å². The zero-order chi connectivity index (χ0) is 13.6. The molecule has 7 heteroatoms. The van der Waals surface area contributed by atoms with Gasteiger partial charge >= 0.3 is 0 Å². The molecule has 98 valence electrons. The van der Waals surface area contributed by atoms with Gasteiger partial charge in [-0.1, -0.05) is 0 Å². The first kappa shape index (κ1) is 11.8. The van der Waals surface area contributed by atoms with Crippen molar-refractivity contribution in [1.82, 2.24) is 9.97 Å². The fourth-order valence-electron chi connectivity index (χ4n) is 1.96. The molecule has 0 amide bonds. The quantitative estimate of drug-likeness (QED) is 0.710. The molecule has 0 N–H and O–H groups in total. The summed E-state index contributed by atoms with van der Waals surface area (Å²) in [7, 11) is 1.39. The molecular weight excluding hydrogens is 255 g/mol. The number of ether oxygens (including phenoxy) is 2. The van der Waals surface area contributed by atoms with Crippen molar-refractivity contribution in [3.8, 4) is 5.88 Å². The number of halogens is 1. The maximum absolute atomic E-state index is 14.0. The second-order valence-electron chi connectivity index (χ2n) is 4.11. The van der Waals surface area contributed by atoms with Gasteiger partial charge in [0.05, 0.1) is 37.0 Å². The number of carbonyl (C=O) groups is 1. The van der Waals surface area contributed by atoms with Crippen molar-refractivity contribution in [2.45, 2.75) is 5.60 Å². The molecule has 0 spiro atoms. The summed E-state index contributed by atoms with van der Waals surface area (Å²) >= 11 is 0. The summed E-state index contributed by atoms with van der Waals surface area (Å²) in [4.78, 5) is 19.2. The van der Waals surface area contributed by atoms with E-state index in [0.29, 0.717) is 5.52 Å². The lowest BCUT2D eigenvalue weighted by molar-refractivity contribution is -0.313. The van der Waals surface area contributed by atoms with Crippen LogP contribution in [0.4, 0.5) is 4.39 Å². The summed E-state index contributed by atoms with van der Waals surface area (Å²) in [5.41, 5.74) is -1.49. The number of benzene rings is 1. The smallest absolute Gasteiger partial charge is 0.232 e. The zero-order valence-electron chi connectivity index (χ0n) is 9.84. The molecule has 0 bridgehead atoms. The van der Waals surface area contributed by atoms with Gasteiger partial charge in [0.1, 0.15) is 11.3 Å². The van der Waals surface area contributed by atoms with Crippen molar-refractivity contribution < 1.29 is 23.8 Å². The Morgan fingerprint density at radius 3 is 2.89 bits per heavy atom. The Morgan fingerprint density at radius 1 is 1.58 bits per heavy atom. The minimum Gasteiger partial charge on any atom is -0.547 e. The van der Waals surface area contributed by atoms with Crippen LogP contribution < -0.4 is 9.84 Å². The molecule has 1 aromatic carbocycles. The van der Waals surface area contributed by atoms with E-state index < -0.39 is 17.4 Å². The number of aliphatic carboxylic acids is 1. The predicted molar refractivity (Wildman–Crippen MR) is 58.7 cm³/mol. The van der Waals surface area contributed by atoms with Gasteiger partial charge in [0.2, 0.25) is 5.88 Å². The third-order valence-corrected chi connectivity index (χ3v) is 3.02. The predicted octanol–water partition coefficient (Wildman–Crippen LogP) is -0.247. The Morgan fingerprint density at radius 2 is 2.32 bits per heavy atom. The summed E-state index contributed by atoms with van der Waals surface area (Å²) in [5.74, 6) is -2.06. The number of methoxy groups -OCH3 is 1. The number of nitrogens with zero attached hydrogens (tertiary/aromatic N) is 2. The van der Waals surface area contributed by atoms with Crippen LogP contribution in [0.25, 0.3) is 11.0 Å². The first-order chi connectivity index (χ1) is 9.08. The molecular formula is C12H8FN2O4-. The van der Waals surface area contributed by atoms with Crippen molar-refractivity contribution in [2.24, 2.45) is 0 Å². The van der Waals surface area contributed by atoms with Gasteiger partial charge in [-0.05, 0) is 12.1 Å². The van der Waals surface area contributed by atoms with Crippen LogP contribution in [0.2, 0.25) is 0 Å². The second kappa shape index (κ2) is 3.86. The number of carboxylic acids is 1. The van der Waals surface area contributed by atoms with Crippen LogP contribution >= 0.6 is 0 Å². The SMILES string of the molecule is COc1cnc2ccc(F)c(C3(C(=O)[O-])CO3)c2n1. The standard InChI is InChI=1S/C12H9FN2O4/c1-18-8-4-14-7-3-2-6(13)9(10(7)15-8)12(5-19-12)11(16)17/h2-4H,5H2,1H3,(H,16,17)/p-1. The van der Waals surface area contributed by atoms with Crippen molar-refractivity contribution in [3.05, 3.63) is 29.7 Å². The topological polar surface area (TPSA) is 87.7 Å². The van der Waals surface area contributed by atoms with Gasteiger partial charge in [-0.2, -0.15) is 0 Å². The van der Waals surface area contributed by atoms with Gasteiger partial charge in [-0.3, -0.25) is 0 Å². The number of hydrogen-bond donors (Lipinski definition) is 0. The Bertz CT molecular complexity index is 685. The lowest BCUT2D eigenvalue weighted by Crippen LogP contribution is -2.37. The fraction of sp³-hybridized carbons (Fsp3) is 0.250. The normalized spacial score (nSPS) is 21.4. The summed E-state index contributed by atoms with van der Waals surface area (Å²) in [6.45, 7) is -0.149. The molecule has 6 nitrogen and oxygen atoms in total. The minimum absolute atomic E-state index is 0.0982. The lowest BCUT2D eigenvalue weighted by atomic mass is 9.97. The first-order valence-electron chi connectivity index (χ1n) is 5.43. The van der Waals surface area contributed by atoms with E-state index in [1.54, 1.807) is 0 Å². The maximum atomic E-state index is 14.0. The minimum atomic E-state index is -1.77. The van der Waals surface area contributed by atoms with Crippen molar-refractivity contribution in [2.75, 3.05) is 13.7 Å². The number of aromatic nitrogens is 2. The molecule has 0 saturated carbocycles. The molecule has 1 fully saturated rings. The molecule has 19 heavy (non-hydrogen) atoms. The van der Waals surface area contributed by atoms with Gasteiger partial charge in [0.25, 0.3) is 0 Å². The van der Waals surface area contributed by atoms with Crippen LogP contribution in [-0.4, -0.2) is 29.7 Å². The second-order valence-corrected chi connectivity index (χ2v) is 4.11. The Kier molecular flexibility index (Phi) is 2.39. The van der Waals surface area contributed by atoms with Gasteiger partial charge in [0.15, 0.2) is 5.60 Å². The lowest BCUT2D eigenvalue weighted by Gasteiger charge is -2.16. The van der Waals surface area contributed by atoms with Crippen LogP contribution in [0.1, 0.15) is 5.56 Å². The van der Waals surface area contributed by atoms with E-state index in [9.17, 15) is 14.3 Å². The van der Waals surface area contributed by atoms with E-state index in [1.807, 2.05) is 0 Å². The highest BCUT2D eigenvalue weighted by Gasteiger charge is 2.51. The Balaban J connectivity index is 2.33. The zero-order valence-corrected chi connectivity index (χ0v) is 9.84. The average Bonchev–Trinajstić information content (AvgIpc) is 3.19. The summed E-state index contributed by atoms with van der Waals surface area (Å²) in [5, 5.41) is 11.2. The van der Waals surface area contributed by atoms with Gasteiger partial charge < -0.3 is 19.4 Å². The third-order valence-electron chi connectivity index (χ3n) is 3.02. The highest BCUT2D eigenvalue weighted by molar-refractivity contribution is 5.89. The number of carboxylic acid groups (broad SMARTS) is 1. The molecule has 1 aliphatic heterocycles. The average molecular weight is 263 g/mol. The Hall–Kier alpha value is -2.28. The van der Waals surface area contributed by atoms with Gasteiger partial charge in [-0.25, -0.2) is 14.4 Å². The number of carbonyl (C=O) groups excluding carboxylic acids is 1. The van der Waals surface area contributed by atoms with E-state index in [1.165, 1.54) is 19.4 Å². The van der Waals surface area contributed by atoms with Crippen molar-refractivity contribution >= 4 is 17.0 Å². The molecule has 3 rings (SSSR count). The molecule has 1 aliphatic rings. The molecule has 2 aromatic rings. The molecule has 1 unspecified atom stereocenters. The summed E-state index contributed by atoms with van der Waals surface area (Å²) in [6, 6.07) is 2.54. The van der Waals surface area contributed by atoms with Crippen LogP contribution in [0.15, 0.2) is 18.3 Å². The number of epoxide rings is 1. The van der Waals surface area contributed by atoms with E-state index in [-0.39, 0.29) is 23.6 Å². The molecule has 1 atom stereocenters. The van der Waals surface area contributed by atoms with Crippen molar-refractivity contribution in [3.63, 3.8) is 0 Å². The summed E-state index contributed by atoms with van der Waals surface area (Å²) < 4.78 is 23.8. The maximum Gasteiger partial charge on any atom is 0.232 e. The van der Waals surface area contributed by atoms with Crippen LogP contribution in [0.5, 0.6) is 5.88 Å². The van der Waals surface area contributed by atoms with Gasteiger partial charge in [-0.15, -0.1) is 0 Å². The van der Waals surface area contributed by atoms with Crippen LogP contribution in [0.3, 0.4) is 0 Å². The van der Waals surface area contributed by atoms with Crippen LogP contribution in [-0.2, 0) is 15.1 Å². The monoisotopic (exact) mass is 263 g/mol. The highest BCUT2D eigenvalue weighted by Crippen LogP contribution is 2.42. The first-order valence-corrected chi connectivity index (χ1v) is 5.43. The van der Waals surface area contributed by atoms with E-state index >= 15 is 0 Å². The molecule has 0 radical (unpaired) electrons. The van der Waals surface area contributed by atoms with Crippen LogP contribution in [0, 0.1) is 5.82 Å². The van der Waals surface area contributed by atoms with E-state index in [0.717, 1.165) is 6.07 Å². The molecule has 1 aromatic heterocycles. The molecule has 1 saturated heterocycles. The number of hydrogen-bond acceptors (Lipinski definition) is 6. The molecule has 2 heterocycles. The highest BCUT2D eigenvalue weighted by atomic mass is 19.1. The molecule has 0 aliphatic carbocycles. The number of rotatable bonds is 3. The largest absolute Gasteiger partial charge is 0.547 e. The van der Waals surface area contributed by atoms with E-state index in [2.05, 4.69) is 9.97 Å². The third kappa shape index (κ3) is 1.62. The Labute approximate surface area is 106 Å². The van der Waals surface area contributed by atoms with Gasteiger partial charge in [0, 0.05) is 0 Å². The number of fused-ring (bicyclic) bond motifs is 1. The fourth-order valence-corrected chi connectivity index (χ4v) is 1.96.